The van der Waals surface area contributed by atoms with E-state index in [1.807, 2.05) is 0 Å². The first-order chi connectivity index (χ1) is 13.4. The Labute approximate surface area is 160 Å². The topological polar surface area (TPSA) is 88.2 Å². The van der Waals surface area contributed by atoms with Crippen LogP contribution < -0.4 is 10.6 Å². The second-order valence-corrected chi connectivity index (χ2v) is 7.68. The molecule has 0 aliphatic rings. The summed E-state index contributed by atoms with van der Waals surface area (Å²) in [5.74, 6) is -2.04. The zero-order chi connectivity index (χ0) is 20.1. The molecule has 0 radical (unpaired) electrons. The van der Waals surface area contributed by atoms with Crippen molar-refractivity contribution in [2.75, 3.05) is 5.32 Å². The lowest BCUT2D eigenvalue weighted by atomic mass is 10.3. The maximum atomic E-state index is 13.8. The number of carbonyl (C=O) groups is 1. The molecule has 9 heteroatoms. The Morgan fingerprint density at radius 3 is 2.29 bits per heavy atom. The summed E-state index contributed by atoms with van der Waals surface area (Å²) in [5, 5.41) is 5.21. The number of rotatable bonds is 5. The molecule has 0 aliphatic carbocycles. The van der Waals surface area contributed by atoms with E-state index >= 15 is 0 Å². The molecule has 0 bridgehead atoms. The molecule has 3 rings (SSSR count). The largest absolute Gasteiger partial charge is 0.334 e. The smallest absolute Gasteiger partial charge is 0.319 e. The standard InChI is InChI=1S/C19H15F2N3O3S/c20-14-1-6-18(17(21)11-14)28(26,27)16-4-2-15(3-5-16)24-19(25)23-12-13-7-9-22-10-8-13/h1-11H,12H2,(H2,23,24,25). The Kier molecular flexibility index (Phi) is 5.65. The molecule has 0 atom stereocenters. The van der Waals surface area contributed by atoms with Gasteiger partial charge in [-0.2, -0.15) is 0 Å². The van der Waals surface area contributed by atoms with Crippen LogP contribution in [0.2, 0.25) is 0 Å². The van der Waals surface area contributed by atoms with E-state index in [9.17, 15) is 22.0 Å². The molecule has 1 heterocycles. The maximum Gasteiger partial charge on any atom is 0.319 e. The number of urea groups is 1. The molecule has 0 saturated heterocycles. The van der Waals surface area contributed by atoms with Crippen LogP contribution in [0, 0.1) is 11.6 Å². The van der Waals surface area contributed by atoms with Crippen molar-refractivity contribution >= 4 is 21.6 Å². The highest BCUT2D eigenvalue weighted by Crippen LogP contribution is 2.25. The van der Waals surface area contributed by atoms with Gasteiger partial charge >= 0.3 is 6.03 Å². The van der Waals surface area contributed by atoms with Gasteiger partial charge in [0.15, 0.2) is 0 Å². The SMILES string of the molecule is O=C(NCc1ccncc1)Nc1ccc(S(=O)(=O)c2ccc(F)cc2F)cc1. The van der Waals surface area contributed by atoms with Crippen LogP contribution in [-0.2, 0) is 16.4 Å². The minimum Gasteiger partial charge on any atom is -0.334 e. The average molecular weight is 403 g/mol. The van der Waals surface area contributed by atoms with Crippen molar-refractivity contribution in [1.29, 1.82) is 0 Å². The van der Waals surface area contributed by atoms with Crippen molar-refractivity contribution in [3.8, 4) is 0 Å². The first-order valence-electron chi connectivity index (χ1n) is 8.10. The fourth-order valence-corrected chi connectivity index (χ4v) is 3.71. The Bertz CT molecular complexity index is 1090. The minimum absolute atomic E-state index is 0.180. The van der Waals surface area contributed by atoms with Crippen LogP contribution in [-0.4, -0.2) is 19.4 Å². The Hall–Kier alpha value is -3.33. The van der Waals surface area contributed by atoms with Crippen LogP contribution >= 0.6 is 0 Å². The first kappa shape index (κ1) is 19.4. The summed E-state index contributed by atoms with van der Waals surface area (Å²) in [7, 11) is -4.15. The maximum absolute atomic E-state index is 13.8. The monoisotopic (exact) mass is 403 g/mol. The predicted octanol–water partition coefficient (Wildman–Crippen LogP) is 3.51. The van der Waals surface area contributed by atoms with Gasteiger partial charge in [-0.25, -0.2) is 22.0 Å². The predicted molar refractivity (Wildman–Crippen MR) is 98.3 cm³/mol. The number of hydrogen-bond donors (Lipinski definition) is 2. The van der Waals surface area contributed by atoms with Gasteiger partial charge in [-0.15, -0.1) is 0 Å². The molecule has 144 valence electrons. The lowest BCUT2D eigenvalue weighted by molar-refractivity contribution is 0.251. The normalized spacial score (nSPS) is 11.1. The minimum atomic E-state index is -4.15. The number of pyridine rings is 1. The Morgan fingerprint density at radius 2 is 1.64 bits per heavy atom. The summed E-state index contributed by atoms with van der Waals surface area (Å²) >= 11 is 0. The highest BCUT2D eigenvalue weighted by molar-refractivity contribution is 7.91. The fourth-order valence-electron chi connectivity index (χ4n) is 2.40. The van der Waals surface area contributed by atoms with Crippen molar-refractivity contribution in [1.82, 2.24) is 10.3 Å². The molecule has 0 fully saturated rings. The number of carbonyl (C=O) groups excluding carboxylic acids is 1. The van der Waals surface area contributed by atoms with Gasteiger partial charge in [-0.3, -0.25) is 4.98 Å². The lowest BCUT2D eigenvalue weighted by Gasteiger charge is -2.09. The van der Waals surface area contributed by atoms with Crippen molar-refractivity contribution in [2.24, 2.45) is 0 Å². The fraction of sp³-hybridized carbons (Fsp3) is 0.0526. The second-order valence-electron chi connectivity index (χ2n) is 5.77. The van der Waals surface area contributed by atoms with Gasteiger partial charge in [0.25, 0.3) is 0 Å². The van der Waals surface area contributed by atoms with E-state index in [1.54, 1.807) is 24.5 Å². The van der Waals surface area contributed by atoms with Crippen LogP contribution in [0.1, 0.15) is 5.56 Å². The number of sulfone groups is 1. The molecule has 0 unspecified atom stereocenters. The van der Waals surface area contributed by atoms with Crippen LogP contribution in [0.4, 0.5) is 19.3 Å². The van der Waals surface area contributed by atoms with Crippen molar-refractivity contribution < 1.29 is 22.0 Å². The summed E-state index contributed by atoms with van der Waals surface area (Å²) in [5.41, 5.74) is 1.22. The van der Waals surface area contributed by atoms with E-state index in [1.165, 1.54) is 24.3 Å². The average Bonchev–Trinajstić information content (AvgIpc) is 2.67. The van der Waals surface area contributed by atoms with Gasteiger partial charge in [-0.05, 0) is 54.1 Å². The van der Waals surface area contributed by atoms with Crippen molar-refractivity contribution in [2.45, 2.75) is 16.3 Å². The number of benzene rings is 2. The number of nitrogens with one attached hydrogen (secondary N) is 2. The molecule has 0 spiro atoms. The quantitative estimate of drug-likeness (QED) is 0.638. The molecule has 1 aromatic heterocycles. The van der Waals surface area contributed by atoms with Crippen LogP contribution in [0.15, 0.2) is 76.8 Å². The van der Waals surface area contributed by atoms with Gasteiger partial charge in [0.1, 0.15) is 16.5 Å². The molecule has 28 heavy (non-hydrogen) atoms. The summed E-state index contributed by atoms with van der Waals surface area (Å²) in [6.45, 7) is 0.296. The third kappa shape index (κ3) is 4.49. The van der Waals surface area contributed by atoms with E-state index in [-0.39, 0.29) is 4.90 Å². The number of halogens is 2. The highest BCUT2D eigenvalue weighted by atomic mass is 32.2. The van der Waals surface area contributed by atoms with Crippen LogP contribution in [0.25, 0.3) is 0 Å². The number of hydrogen-bond acceptors (Lipinski definition) is 4. The molecule has 2 amide bonds. The van der Waals surface area contributed by atoms with Gasteiger partial charge in [-0.1, -0.05) is 0 Å². The van der Waals surface area contributed by atoms with E-state index in [0.29, 0.717) is 18.3 Å². The molecule has 2 aromatic carbocycles. The lowest BCUT2D eigenvalue weighted by Crippen LogP contribution is -2.28. The summed E-state index contributed by atoms with van der Waals surface area (Å²) in [6, 6.07) is 10.5. The number of anilines is 1. The molecule has 2 N–H and O–H groups in total. The van der Waals surface area contributed by atoms with E-state index in [2.05, 4.69) is 15.6 Å². The van der Waals surface area contributed by atoms with E-state index < -0.39 is 32.4 Å². The first-order valence-corrected chi connectivity index (χ1v) is 9.58. The Balaban J connectivity index is 1.68. The van der Waals surface area contributed by atoms with Gasteiger partial charge in [0.2, 0.25) is 9.84 Å². The second kappa shape index (κ2) is 8.13. The van der Waals surface area contributed by atoms with E-state index in [0.717, 1.165) is 17.7 Å². The summed E-state index contributed by atoms with van der Waals surface area (Å²) in [4.78, 5) is 15.0. The summed E-state index contributed by atoms with van der Waals surface area (Å²) in [6.07, 6.45) is 3.22. The highest BCUT2D eigenvalue weighted by Gasteiger charge is 2.22. The van der Waals surface area contributed by atoms with E-state index in [4.69, 9.17) is 0 Å². The van der Waals surface area contributed by atoms with Gasteiger partial charge in [0, 0.05) is 30.7 Å². The molecule has 0 saturated carbocycles. The molecule has 0 aliphatic heterocycles. The third-order valence-corrected chi connectivity index (χ3v) is 5.61. The molecule has 6 nitrogen and oxygen atoms in total. The number of amides is 2. The van der Waals surface area contributed by atoms with Crippen molar-refractivity contribution in [3.05, 3.63) is 84.2 Å². The molecule has 3 aromatic rings. The van der Waals surface area contributed by atoms with Gasteiger partial charge in [0.05, 0.1) is 4.90 Å². The van der Waals surface area contributed by atoms with Crippen molar-refractivity contribution in [3.63, 3.8) is 0 Å². The summed E-state index contributed by atoms with van der Waals surface area (Å²) < 4.78 is 51.8. The van der Waals surface area contributed by atoms with Gasteiger partial charge < -0.3 is 10.6 Å². The van der Waals surface area contributed by atoms with Crippen LogP contribution in [0.5, 0.6) is 0 Å². The molecular formula is C19H15F2N3O3S. The number of nitrogens with zero attached hydrogens (tertiary/aromatic N) is 1. The molecular weight excluding hydrogens is 388 g/mol. The Morgan fingerprint density at radius 1 is 0.964 bits per heavy atom. The van der Waals surface area contributed by atoms with Crippen LogP contribution in [0.3, 0.4) is 0 Å². The zero-order valence-electron chi connectivity index (χ0n) is 14.4. The third-order valence-electron chi connectivity index (χ3n) is 3.81. The number of aromatic nitrogens is 1. The zero-order valence-corrected chi connectivity index (χ0v) is 15.2.